The van der Waals surface area contributed by atoms with Crippen molar-refractivity contribution in [3.8, 4) is 0 Å². The van der Waals surface area contributed by atoms with Gasteiger partial charge in [0, 0.05) is 23.9 Å². The average molecular weight is 179 g/mol. The Morgan fingerprint density at radius 3 is 2.83 bits per heavy atom. The molecule has 2 rings (SSSR count). The Kier molecular flexibility index (Phi) is 2.38. The van der Waals surface area contributed by atoms with Gasteiger partial charge < -0.3 is 5.32 Å². The number of hydrogen-bond donors (Lipinski definition) is 1. The minimum absolute atomic E-state index is 0.761. The molecule has 1 aromatic rings. The molecule has 0 saturated carbocycles. The van der Waals surface area contributed by atoms with E-state index in [1.165, 1.54) is 10.5 Å². The molecule has 0 bridgehead atoms. The highest BCUT2D eigenvalue weighted by molar-refractivity contribution is 7.98. The topological polar surface area (TPSA) is 12.0 Å². The number of thioether (sulfide) groups is 1. The molecule has 1 aliphatic heterocycles. The van der Waals surface area contributed by atoms with Gasteiger partial charge in [0.25, 0.3) is 0 Å². The van der Waals surface area contributed by atoms with Crippen LogP contribution in [-0.2, 0) is 0 Å². The van der Waals surface area contributed by atoms with Crippen molar-refractivity contribution in [3.63, 3.8) is 0 Å². The molecule has 1 aliphatic rings. The molecule has 0 amide bonds. The molecule has 64 valence electrons. The summed E-state index contributed by atoms with van der Waals surface area (Å²) >= 11 is 1.81. The molecule has 12 heavy (non-hydrogen) atoms. The molecule has 1 saturated heterocycles. The molecule has 1 heterocycles. The van der Waals surface area contributed by atoms with E-state index < -0.39 is 0 Å². The molecule has 0 radical (unpaired) electrons. The standard InChI is InChI=1S/C10H13NS/c1-12-10-4-2-3-8(5-10)9-6-11-7-9/h2-5,9,11H,6-7H2,1H3. The van der Waals surface area contributed by atoms with Gasteiger partial charge in [0.1, 0.15) is 0 Å². The van der Waals surface area contributed by atoms with Crippen LogP contribution in [0.4, 0.5) is 0 Å². The molecule has 1 aromatic carbocycles. The van der Waals surface area contributed by atoms with Gasteiger partial charge in [0.2, 0.25) is 0 Å². The Morgan fingerprint density at radius 1 is 1.42 bits per heavy atom. The predicted octanol–water partition coefficient (Wildman–Crippen LogP) is 2.10. The van der Waals surface area contributed by atoms with E-state index in [9.17, 15) is 0 Å². The van der Waals surface area contributed by atoms with Gasteiger partial charge >= 0.3 is 0 Å². The van der Waals surface area contributed by atoms with Gasteiger partial charge in [-0.15, -0.1) is 11.8 Å². The third kappa shape index (κ3) is 1.50. The molecule has 0 unspecified atom stereocenters. The lowest BCUT2D eigenvalue weighted by Gasteiger charge is -2.27. The molecule has 0 aromatic heterocycles. The normalized spacial score (nSPS) is 17.4. The second kappa shape index (κ2) is 3.50. The fraction of sp³-hybridized carbons (Fsp3) is 0.400. The first kappa shape index (κ1) is 8.14. The van der Waals surface area contributed by atoms with E-state index in [4.69, 9.17) is 0 Å². The van der Waals surface area contributed by atoms with Crippen LogP contribution in [0, 0.1) is 0 Å². The summed E-state index contributed by atoms with van der Waals surface area (Å²) in [5.41, 5.74) is 1.49. The SMILES string of the molecule is CSc1cccc(C2CNC2)c1. The molecule has 0 aliphatic carbocycles. The van der Waals surface area contributed by atoms with Gasteiger partial charge in [-0.05, 0) is 24.0 Å². The largest absolute Gasteiger partial charge is 0.315 e. The Bertz CT molecular complexity index is 268. The summed E-state index contributed by atoms with van der Waals surface area (Å²) in [6.45, 7) is 2.30. The van der Waals surface area contributed by atoms with Crippen molar-refractivity contribution in [2.45, 2.75) is 10.8 Å². The van der Waals surface area contributed by atoms with E-state index in [2.05, 4.69) is 35.8 Å². The zero-order chi connectivity index (χ0) is 8.39. The van der Waals surface area contributed by atoms with Crippen LogP contribution in [-0.4, -0.2) is 19.3 Å². The van der Waals surface area contributed by atoms with Crippen molar-refractivity contribution in [2.24, 2.45) is 0 Å². The fourth-order valence-corrected chi connectivity index (χ4v) is 1.89. The van der Waals surface area contributed by atoms with Crippen LogP contribution >= 0.6 is 11.8 Å². The van der Waals surface area contributed by atoms with Gasteiger partial charge in [-0.1, -0.05) is 12.1 Å². The molecule has 2 heteroatoms. The van der Waals surface area contributed by atoms with Crippen molar-refractivity contribution >= 4 is 11.8 Å². The van der Waals surface area contributed by atoms with Gasteiger partial charge in [-0.25, -0.2) is 0 Å². The van der Waals surface area contributed by atoms with Crippen LogP contribution in [0.15, 0.2) is 29.2 Å². The van der Waals surface area contributed by atoms with Gasteiger partial charge in [0.05, 0.1) is 0 Å². The van der Waals surface area contributed by atoms with Crippen LogP contribution in [0.25, 0.3) is 0 Å². The van der Waals surface area contributed by atoms with E-state index in [1.54, 1.807) is 0 Å². The summed E-state index contributed by atoms with van der Waals surface area (Å²) in [7, 11) is 0. The van der Waals surface area contributed by atoms with Crippen molar-refractivity contribution in [1.29, 1.82) is 0 Å². The van der Waals surface area contributed by atoms with Crippen molar-refractivity contribution < 1.29 is 0 Å². The van der Waals surface area contributed by atoms with Gasteiger partial charge in [-0.3, -0.25) is 0 Å². The highest BCUT2D eigenvalue weighted by Crippen LogP contribution is 2.23. The monoisotopic (exact) mass is 179 g/mol. The maximum absolute atomic E-state index is 3.29. The number of nitrogens with one attached hydrogen (secondary N) is 1. The maximum Gasteiger partial charge on any atom is 0.00889 e. The van der Waals surface area contributed by atoms with Crippen LogP contribution in [0.2, 0.25) is 0 Å². The highest BCUT2D eigenvalue weighted by atomic mass is 32.2. The quantitative estimate of drug-likeness (QED) is 0.698. The highest BCUT2D eigenvalue weighted by Gasteiger charge is 2.18. The third-order valence-electron chi connectivity index (χ3n) is 2.35. The van der Waals surface area contributed by atoms with Crippen molar-refractivity contribution in [3.05, 3.63) is 29.8 Å². The van der Waals surface area contributed by atoms with E-state index >= 15 is 0 Å². The lowest BCUT2D eigenvalue weighted by atomic mass is 9.94. The van der Waals surface area contributed by atoms with Gasteiger partial charge in [0.15, 0.2) is 0 Å². The molecule has 0 atom stereocenters. The Balaban J connectivity index is 2.19. The zero-order valence-electron chi connectivity index (χ0n) is 7.21. The van der Waals surface area contributed by atoms with E-state index in [-0.39, 0.29) is 0 Å². The van der Waals surface area contributed by atoms with Crippen molar-refractivity contribution in [2.75, 3.05) is 19.3 Å². The van der Waals surface area contributed by atoms with Crippen LogP contribution in [0.3, 0.4) is 0 Å². The first-order chi connectivity index (χ1) is 5.90. The molecule has 1 fully saturated rings. The van der Waals surface area contributed by atoms with E-state index in [1.807, 2.05) is 11.8 Å². The summed E-state index contributed by atoms with van der Waals surface area (Å²) in [5, 5.41) is 3.29. The smallest absolute Gasteiger partial charge is 0.00889 e. The van der Waals surface area contributed by atoms with Crippen LogP contribution in [0.1, 0.15) is 11.5 Å². The summed E-state index contributed by atoms with van der Waals surface area (Å²) in [5.74, 6) is 0.761. The summed E-state index contributed by atoms with van der Waals surface area (Å²) in [4.78, 5) is 1.37. The lowest BCUT2D eigenvalue weighted by Crippen LogP contribution is -2.39. The summed E-state index contributed by atoms with van der Waals surface area (Å²) in [6, 6.07) is 8.85. The van der Waals surface area contributed by atoms with Crippen molar-refractivity contribution in [1.82, 2.24) is 5.32 Å². The Morgan fingerprint density at radius 2 is 2.25 bits per heavy atom. The first-order valence-corrected chi connectivity index (χ1v) is 5.47. The lowest BCUT2D eigenvalue weighted by molar-refractivity contribution is 0.448. The molecule has 1 nitrogen and oxygen atoms in total. The minimum Gasteiger partial charge on any atom is -0.315 e. The maximum atomic E-state index is 3.29. The summed E-state index contributed by atoms with van der Waals surface area (Å²) < 4.78 is 0. The molecule has 0 spiro atoms. The van der Waals surface area contributed by atoms with Gasteiger partial charge in [-0.2, -0.15) is 0 Å². The second-order valence-electron chi connectivity index (χ2n) is 3.13. The minimum atomic E-state index is 0.761. The van der Waals surface area contributed by atoms with E-state index in [0.717, 1.165) is 19.0 Å². The number of hydrogen-bond acceptors (Lipinski definition) is 2. The average Bonchev–Trinajstić information content (AvgIpc) is 2.02. The second-order valence-corrected chi connectivity index (χ2v) is 4.01. The molecular formula is C10H13NS. The number of rotatable bonds is 2. The first-order valence-electron chi connectivity index (χ1n) is 4.25. The zero-order valence-corrected chi connectivity index (χ0v) is 8.03. The molecule has 1 N–H and O–H groups in total. The number of benzene rings is 1. The van der Waals surface area contributed by atoms with E-state index in [0.29, 0.717) is 0 Å². The Labute approximate surface area is 77.6 Å². The summed E-state index contributed by atoms with van der Waals surface area (Å²) in [6.07, 6.45) is 2.12. The Hall–Kier alpha value is -0.470. The third-order valence-corrected chi connectivity index (χ3v) is 3.07. The molecular weight excluding hydrogens is 166 g/mol. The van der Waals surface area contributed by atoms with Crippen LogP contribution in [0.5, 0.6) is 0 Å². The fourth-order valence-electron chi connectivity index (χ4n) is 1.42. The van der Waals surface area contributed by atoms with Crippen LogP contribution < -0.4 is 5.32 Å². The predicted molar refractivity (Wildman–Crippen MR) is 53.8 cm³/mol.